The van der Waals surface area contributed by atoms with Gasteiger partial charge in [0, 0.05) is 32.1 Å². The Morgan fingerprint density at radius 3 is 2.68 bits per heavy atom. The quantitative estimate of drug-likeness (QED) is 0.687. The lowest BCUT2D eigenvalue weighted by molar-refractivity contribution is 0.211. The molecule has 0 aliphatic rings. The number of pyridine rings is 1. The fourth-order valence-electron chi connectivity index (χ4n) is 1.82. The molecule has 0 unspecified atom stereocenters. The summed E-state index contributed by atoms with van der Waals surface area (Å²) in [5, 5.41) is 8.70. The Balaban J connectivity index is 1.75. The molecule has 0 aliphatic heterocycles. The fraction of sp³-hybridized carbons (Fsp3) is 0.250. The average molecular weight is 300 g/mol. The van der Waals surface area contributed by atoms with E-state index in [1.807, 2.05) is 30.3 Å². The van der Waals surface area contributed by atoms with Gasteiger partial charge in [-0.15, -0.1) is 0 Å². The van der Waals surface area contributed by atoms with Gasteiger partial charge in [-0.2, -0.15) is 0 Å². The van der Waals surface area contributed by atoms with Crippen LogP contribution < -0.4 is 16.0 Å². The highest BCUT2D eigenvalue weighted by Gasteiger charge is 2.02. The van der Waals surface area contributed by atoms with Gasteiger partial charge in [0.15, 0.2) is 0 Å². The van der Waals surface area contributed by atoms with Crippen molar-refractivity contribution in [3.8, 4) is 0 Å². The van der Waals surface area contributed by atoms with Crippen LogP contribution in [0, 0.1) is 0 Å². The molecule has 0 saturated heterocycles. The molecule has 2 aromatic rings. The molecule has 2 rings (SSSR count). The van der Waals surface area contributed by atoms with Crippen molar-refractivity contribution in [1.82, 2.24) is 10.3 Å². The highest BCUT2D eigenvalue weighted by Crippen LogP contribution is 2.09. The molecule has 0 aliphatic carbocycles. The first-order chi connectivity index (χ1) is 10.8. The molecule has 0 bridgehead atoms. The molecule has 6 heteroatoms. The van der Waals surface area contributed by atoms with Crippen molar-refractivity contribution in [2.24, 2.45) is 0 Å². The number of hydrogen-bond acceptors (Lipinski definition) is 4. The Labute approximate surface area is 129 Å². The highest BCUT2D eigenvalue weighted by molar-refractivity contribution is 5.88. The second-order valence-corrected chi connectivity index (χ2v) is 4.64. The van der Waals surface area contributed by atoms with E-state index in [0.29, 0.717) is 19.0 Å². The van der Waals surface area contributed by atoms with Crippen LogP contribution in [0.4, 0.5) is 16.3 Å². The number of benzene rings is 1. The summed E-state index contributed by atoms with van der Waals surface area (Å²) < 4.78 is 4.98. The number of carbonyl (C=O) groups excluding carboxylic acids is 1. The summed E-state index contributed by atoms with van der Waals surface area (Å²) in [5.74, 6) is 0.526. The van der Waals surface area contributed by atoms with Gasteiger partial charge in [0.05, 0.1) is 6.61 Å². The van der Waals surface area contributed by atoms with Gasteiger partial charge in [-0.05, 0) is 29.8 Å². The number of anilines is 2. The second kappa shape index (κ2) is 8.63. The Hall–Kier alpha value is -2.60. The summed E-state index contributed by atoms with van der Waals surface area (Å²) in [6.45, 7) is 1.88. The van der Waals surface area contributed by atoms with Crippen molar-refractivity contribution < 1.29 is 9.53 Å². The van der Waals surface area contributed by atoms with Crippen LogP contribution in [0.5, 0.6) is 0 Å². The average Bonchev–Trinajstić information content (AvgIpc) is 2.55. The Morgan fingerprint density at radius 1 is 1.18 bits per heavy atom. The summed E-state index contributed by atoms with van der Waals surface area (Å²) in [6.07, 6.45) is 1.63. The predicted octanol–water partition coefficient (Wildman–Crippen LogP) is 2.46. The van der Waals surface area contributed by atoms with E-state index in [2.05, 4.69) is 20.9 Å². The van der Waals surface area contributed by atoms with Crippen LogP contribution in [0.1, 0.15) is 5.56 Å². The zero-order chi connectivity index (χ0) is 15.6. The lowest BCUT2D eigenvalue weighted by atomic mass is 10.2. The fourth-order valence-corrected chi connectivity index (χ4v) is 1.82. The molecular weight excluding hydrogens is 280 g/mol. The maximum atomic E-state index is 11.7. The van der Waals surface area contributed by atoms with E-state index in [4.69, 9.17) is 4.74 Å². The number of ether oxygens (including phenoxy) is 1. The summed E-state index contributed by atoms with van der Waals surface area (Å²) >= 11 is 0. The predicted molar refractivity (Wildman–Crippen MR) is 86.9 cm³/mol. The van der Waals surface area contributed by atoms with Crippen molar-refractivity contribution in [2.75, 3.05) is 30.9 Å². The number of amides is 2. The largest absolute Gasteiger partial charge is 0.383 e. The zero-order valence-electron chi connectivity index (χ0n) is 12.5. The standard InChI is InChI=1S/C16H20N4O2/c1-22-11-10-17-14-7-5-13(6-8-14)12-19-16(21)20-15-4-2-3-9-18-15/h2-9,17H,10-12H2,1H3,(H2,18,19,20,21). The second-order valence-electron chi connectivity index (χ2n) is 4.64. The molecule has 1 aromatic heterocycles. The molecule has 0 radical (unpaired) electrons. The van der Waals surface area contributed by atoms with Crippen molar-refractivity contribution in [3.05, 3.63) is 54.2 Å². The number of aromatic nitrogens is 1. The minimum absolute atomic E-state index is 0.277. The van der Waals surface area contributed by atoms with E-state index in [-0.39, 0.29) is 6.03 Å². The summed E-state index contributed by atoms with van der Waals surface area (Å²) in [4.78, 5) is 15.8. The molecule has 3 N–H and O–H groups in total. The summed E-state index contributed by atoms with van der Waals surface area (Å²) in [7, 11) is 1.67. The number of urea groups is 1. The van der Waals surface area contributed by atoms with E-state index >= 15 is 0 Å². The zero-order valence-corrected chi connectivity index (χ0v) is 12.5. The van der Waals surface area contributed by atoms with Crippen LogP contribution in [0.2, 0.25) is 0 Å². The maximum absolute atomic E-state index is 11.7. The van der Waals surface area contributed by atoms with Gasteiger partial charge in [0.1, 0.15) is 5.82 Å². The first kappa shape index (κ1) is 15.8. The Bertz CT molecular complexity index is 572. The molecular formula is C16H20N4O2. The Kier molecular flexibility index (Phi) is 6.19. The number of nitrogens with zero attached hydrogens (tertiary/aromatic N) is 1. The lowest BCUT2D eigenvalue weighted by Gasteiger charge is -2.09. The lowest BCUT2D eigenvalue weighted by Crippen LogP contribution is -2.28. The van der Waals surface area contributed by atoms with Gasteiger partial charge in [-0.3, -0.25) is 5.32 Å². The third-order valence-corrected chi connectivity index (χ3v) is 2.95. The third-order valence-electron chi connectivity index (χ3n) is 2.95. The summed E-state index contributed by atoms with van der Waals surface area (Å²) in [5.41, 5.74) is 2.05. The van der Waals surface area contributed by atoms with E-state index in [1.54, 1.807) is 25.4 Å². The minimum Gasteiger partial charge on any atom is -0.383 e. The molecule has 0 saturated carbocycles. The van der Waals surface area contributed by atoms with Crippen molar-refractivity contribution in [3.63, 3.8) is 0 Å². The van der Waals surface area contributed by atoms with Gasteiger partial charge in [0.25, 0.3) is 0 Å². The molecule has 0 spiro atoms. The van der Waals surface area contributed by atoms with Crippen LogP contribution in [-0.2, 0) is 11.3 Å². The number of nitrogens with one attached hydrogen (secondary N) is 3. The van der Waals surface area contributed by atoms with E-state index < -0.39 is 0 Å². The Morgan fingerprint density at radius 2 is 2.00 bits per heavy atom. The first-order valence-corrected chi connectivity index (χ1v) is 7.05. The number of methoxy groups -OCH3 is 1. The third kappa shape index (κ3) is 5.41. The van der Waals surface area contributed by atoms with Gasteiger partial charge in [-0.1, -0.05) is 18.2 Å². The van der Waals surface area contributed by atoms with Crippen LogP contribution in [-0.4, -0.2) is 31.3 Å². The number of hydrogen-bond donors (Lipinski definition) is 3. The maximum Gasteiger partial charge on any atom is 0.320 e. The van der Waals surface area contributed by atoms with Crippen molar-refractivity contribution in [1.29, 1.82) is 0 Å². The molecule has 1 aromatic carbocycles. The van der Waals surface area contributed by atoms with Gasteiger partial charge >= 0.3 is 6.03 Å². The first-order valence-electron chi connectivity index (χ1n) is 7.05. The van der Waals surface area contributed by atoms with Gasteiger partial charge in [0.2, 0.25) is 0 Å². The van der Waals surface area contributed by atoms with Gasteiger partial charge in [-0.25, -0.2) is 9.78 Å². The van der Waals surface area contributed by atoms with Crippen LogP contribution in [0.3, 0.4) is 0 Å². The highest BCUT2D eigenvalue weighted by atomic mass is 16.5. The molecule has 22 heavy (non-hydrogen) atoms. The SMILES string of the molecule is COCCNc1ccc(CNC(=O)Nc2ccccn2)cc1. The molecule has 0 fully saturated rings. The number of rotatable bonds is 7. The minimum atomic E-state index is -0.277. The number of carbonyl (C=O) groups is 1. The van der Waals surface area contributed by atoms with Crippen LogP contribution in [0.15, 0.2) is 48.7 Å². The smallest absolute Gasteiger partial charge is 0.320 e. The van der Waals surface area contributed by atoms with E-state index in [1.165, 1.54) is 0 Å². The molecule has 2 amide bonds. The molecule has 116 valence electrons. The van der Waals surface area contributed by atoms with E-state index in [0.717, 1.165) is 17.8 Å². The molecule has 1 heterocycles. The van der Waals surface area contributed by atoms with Crippen LogP contribution in [0.25, 0.3) is 0 Å². The topological polar surface area (TPSA) is 75.3 Å². The normalized spacial score (nSPS) is 10.0. The molecule has 6 nitrogen and oxygen atoms in total. The summed E-state index contributed by atoms with van der Waals surface area (Å²) in [6, 6.07) is 13.0. The van der Waals surface area contributed by atoms with Crippen molar-refractivity contribution in [2.45, 2.75) is 6.54 Å². The van der Waals surface area contributed by atoms with E-state index in [9.17, 15) is 4.79 Å². The van der Waals surface area contributed by atoms with Gasteiger partial charge < -0.3 is 15.4 Å². The monoisotopic (exact) mass is 300 g/mol. The molecule has 0 atom stereocenters. The van der Waals surface area contributed by atoms with Crippen molar-refractivity contribution >= 4 is 17.5 Å². The van der Waals surface area contributed by atoms with Crippen LogP contribution >= 0.6 is 0 Å².